The molecular formula is C18H20O6. The van der Waals surface area contributed by atoms with E-state index in [0.717, 1.165) is 5.56 Å². The van der Waals surface area contributed by atoms with Gasteiger partial charge in [0.05, 0.1) is 6.61 Å². The van der Waals surface area contributed by atoms with Crippen molar-refractivity contribution in [1.29, 1.82) is 0 Å². The Kier molecular flexibility index (Phi) is 4.29. The van der Waals surface area contributed by atoms with Gasteiger partial charge in [-0.1, -0.05) is 42.5 Å². The van der Waals surface area contributed by atoms with Crippen LogP contribution in [0.25, 0.3) is 6.08 Å². The van der Waals surface area contributed by atoms with Crippen LogP contribution in [0.15, 0.2) is 36.4 Å². The summed E-state index contributed by atoms with van der Waals surface area (Å²) in [5, 5.41) is 10.5. The molecule has 0 aromatic heterocycles. The van der Waals surface area contributed by atoms with E-state index in [4.69, 9.17) is 14.2 Å². The SMILES string of the molecule is CC1(C)OC[C@@H]([C@H]2OC(=O)C(O)(C/C=C/c3ccccc3)C2=O)O1. The maximum absolute atomic E-state index is 12.5. The number of hydrogen-bond donors (Lipinski definition) is 1. The predicted molar refractivity (Wildman–Crippen MR) is 84.8 cm³/mol. The Labute approximate surface area is 140 Å². The number of carbonyl (C=O) groups excluding carboxylic acids is 2. The van der Waals surface area contributed by atoms with Gasteiger partial charge in [0.1, 0.15) is 6.10 Å². The Bertz CT molecular complexity index is 665. The minimum Gasteiger partial charge on any atom is -0.449 e. The second kappa shape index (κ2) is 6.12. The molecule has 1 aromatic carbocycles. The highest BCUT2D eigenvalue weighted by molar-refractivity contribution is 6.14. The highest BCUT2D eigenvalue weighted by Crippen LogP contribution is 2.33. The molecule has 1 N–H and O–H groups in total. The van der Waals surface area contributed by atoms with Crippen LogP contribution in [0, 0.1) is 0 Å². The summed E-state index contributed by atoms with van der Waals surface area (Å²) in [6.45, 7) is 3.55. The van der Waals surface area contributed by atoms with Crippen molar-refractivity contribution < 1.29 is 28.9 Å². The number of carbonyl (C=O) groups is 2. The fourth-order valence-corrected chi connectivity index (χ4v) is 2.83. The van der Waals surface area contributed by atoms with Crippen molar-refractivity contribution >= 4 is 17.8 Å². The van der Waals surface area contributed by atoms with Crippen LogP contribution in [-0.2, 0) is 23.8 Å². The van der Waals surface area contributed by atoms with Crippen molar-refractivity contribution in [3.8, 4) is 0 Å². The van der Waals surface area contributed by atoms with Gasteiger partial charge in [-0.25, -0.2) is 4.79 Å². The number of Topliss-reactive ketones (excluding diaryl/α,β-unsaturated/α-hetero) is 1. The van der Waals surface area contributed by atoms with E-state index in [0.29, 0.717) is 0 Å². The third-order valence-electron chi connectivity index (χ3n) is 4.13. The number of benzene rings is 1. The minimum absolute atomic E-state index is 0.132. The highest BCUT2D eigenvalue weighted by Gasteiger charge is 2.59. The molecule has 24 heavy (non-hydrogen) atoms. The molecule has 0 bridgehead atoms. The van der Waals surface area contributed by atoms with Gasteiger partial charge in [0, 0.05) is 6.42 Å². The summed E-state index contributed by atoms with van der Waals surface area (Å²) in [5.41, 5.74) is -1.27. The molecule has 0 saturated carbocycles. The van der Waals surface area contributed by atoms with Crippen molar-refractivity contribution in [2.75, 3.05) is 6.61 Å². The van der Waals surface area contributed by atoms with Crippen molar-refractivity contribution in [1.82, 2.24) is 0 Å². The average Bonchev–Trinajstić information content (AvgIpc) is 3.01. The van der Waals surface area contributed by atoms with Crippen LogP contribution >= 0.6 is 0 Å². The first kappa shape index (κ1) is 16.8. The van der Waals surface area contributed by atoms with Crippen LogP contribution in [0.5, 0.6) is 0 Å². The molecule has 6 heteroatoms. The zero-order valence-corrected chi connectivity index (χ0v) is 13.6. The van der Waals surface area contributed by atoms with Gasteiger partial charge in [-0.05, 0) is 19.4 Å². The Balaban J connectivity index is 1.70. The van der Waals surface area contributed by atoms with E-state index >= 15 is 0 Å². The molecule has 128 valence electrons. The van der Waals surface area contributed by atoms with Gasteiger partial charge in [-0.3, -0.25) is 4.79 Å². The number of aliphatic hydroxyl groups is 1. The number of cyclic esters (lactones) is 1. The molecule has 2 aliphatic rings. The number of esters is 1. The van der Waals surface area contributed by atoms with Crippen LogP contribution in [-0.4, -0.2) is 47.1 Å². The van der Waals surface area contributed by atoms with Crippen molar-refractivity contribution in [3.63, 3.8) is 0 Å². The summed E-state index contributed by atoms with van der Waals surface area (Å²) in [5.74, 6) is -2.47. The van der Waals surface area contributed by atoms with Crippen molar-refractivity contribution in [3.05, 3.63) is 42.0 Å². The molecule has 3 rings (SSSR count). The molecule has 2 saturated heterocycles. The smallest absolute Gasteiger partial charge is 0.347 e. The zero-order chi connectivity index (χ0) is 17.4. The van der Waals surface area contributed by atoms with Gasteiger partial charge >= 0.3 is 5.97 Å². The second-order valence-electron chi connectivity index (χ2n) is 6.43. The van der Waals surface area contributed by atoms with Crippen LogP contribution in [0.2, 0.25) is 0 Å². The molecule has 2 aliphatic heterocycles. The normalized spacial score (nSPS) is 32.5. The monoisotopic (exact) mass is 332 g/mol. The van der Waals surface area contributed by atoms with Crippen LogP contribution < -0.4 is 0 Å². The fraction of sp³-hybridized carbons (Fsp3) is 0.444. The molecule has 1 unspecified atom stereocenters. The highest BCUT2D eigenvalue weighted by atomic mass is 16.8. The van der Waals surface area contributed by atoms with Crippen molar-refractivity contribution in [2.45, 2.75) is 43.9 Å². The lowest BCUT2D eigenvalue weighted by molar-refractivity contribution is -0.166. The molecule has 0 radical (unpaired) electrons. The molecule has 0 spiro atoms. The lowest BCUT2D eigenvalue weighted by Crippen LogP contribution is -2.45. The predicted octanol–water partition coefficient (Wildman–Crippen LogP) is 1.47. The summed E-state index contributed by atoms with van der Waals surface area (Å²) in [4.78, 5) is 24.6. The van der Waals surface area contributed by atoms with E-state index in [2.05, 4.69) is 0 Å². The van der Waals surface area contributed by atoms with Crippen LogP contribution in [0.3, 0.4) is 0 Å². The average molecular weight is 332 g/mol. The largest absolute Gasteiger partial charge is 0.449 e. The lowest BCUT2D eigenvalue weighted by atomic mass is 9.92. The van der Waals surface area contributed by atoms with E-state index in [-0.39, 0.29) is 13.0 Å². The fourth-order valence-electron chi connectivity index (χ4n) is 2.83. The summed E-state index contributed by atoms with van der Waals surface area (Å²) >= 11 is 0. The van der Waals surface area contributed by atoms with Gasteiger partial charge in [0.2, 0.25) is 11.4 Å². The first-order valence-electron chi connectivity index (χ1n) is 7.83. The Hall–Kier alpha value is -2.02. The second-order valence-corrected chi connectivity index (χ2v) is 6.43. The molecular weight excluding hydrogens is 312 g/mol. The first-order chi connectivity index (χ1) is 11.3. The Morgan fingerprint density at radius 1 is 1.25 bits per heavy atom. The molecule has 2 heterocycles. The number of rotatable bonds is 4. The van der Waals surface area contributed by atoms with E-state index in [1.165, 1.54) is 0 Å². The van der Waals surface area contributed by atoms with Crippen LogP contribution in [0.4, 0.5) is 0 Å². The lowest BCUT2D eigenvalue weighted by Gasteiger charge is -2.19. The Morgan fingerprint density at radius 3 is 2.58 bits per heavy atom. The summed E-state index contributed by atoms with van der Waals surface area (Å²) in [6.07, 6.45) is 1.34. The third-order valence-corrected chi connectivity index (χ3v) is 4.13. The maximum atomic E-state index is 12.5. The van der Waals surface area contributed by atoms with Crippen molar-refractivity contribution in [2.24, 2.45) is 0 Å². The van der Waals surface area contributed by atoms with E-state index in [1.807, 2.05) is 30.3 Å². The Morgan fingerprint density at radius 2 is 1.96 bits per heavy atom. The quantitative estimate of drug-likeness (QED) is 0.664. The molecule has 0 aliphatic carbocycles. The summed E-state index contributed by atoms with van der Waals surface area (Å²) < 4.78 is 16.1. The van der Waals surface area contributed by atoms with Gasteiger partial charge < -0.3 is 19.3 Å². The van der Waals surface area contributed by atoms with Gasteiger partial charge in [0.15, 0.2) is 11.9 Å². The zero-order valence-electron chi connectivity index (χ0n) is 13.6. The summed E-state index contributed by atoms with van der Waals surface area (Å²) in [6, 6.07) is 9.39. The molecule has 2 fully saturated rings. The maximum Gasteiger partial charge on any atom is 0.347 e. The first-order valence-corrected chi connectivity index (χ1v) is 7.83. The van der Waals surface area contributed by atoms with Gasteiger partial charge in [-0.2, -0.15) is 0 Å². The number of hydrogen-bond acceptors (Lipinski definition) is 6. The van der Waals surface area contributed by atoms with E-state index in [9.17, 15) is 14.7 Å². The molecule has 1 aromatic rings. The topological polar surface area (TPSA) is 82.1 Å². The minimum atomic E-state index is -2.17. The van der Waals surface area contributed by atoms with Gasteiger partial charge in [-0.15, -0.1) is 0 Å². The van der Waals surface area contributed by atoms with E-state index in [1.54, 1.807) is 26.0 Å². The molecule has 0 amide bonds. The van der Waals surface area contributed by atoms with Gasteiger partial charge in [0.25, 0.3) is 0 Å². The van der Waals surface area contributed by atoms with Crippen LogP contribution in [0.1, 0.15) is 25.8 Å². The standard InChI is InChI=1S/C18H20O6/c1-17(2)22-11-13(24-17)14-15(19)18(21,16(20)23-14)10-6-9-12-7-4-3-5-8-12/h3-9,13-14,21H,10-11H2,1-2H3/b9-6+/t13-,14+,18?/m0/s1. The number of ether oxygens (including phenoxy) is 3. The molecule has 6 nitrogen and oxygen atoms in total. The molecule has 3 atom stereocenters. The number of ketones is 1. The summed E-state index contributed by atoms with van der Waals surface area (Å²) in [7, 11) is 0. The van der Waals surface area contributed by atoms with E-state index < -0.39 is 35.3 Å². The third kappa shape index (κ3) is 3.13.